The van der Waals surface area contributed by atoms with Crippen molar-refractivity contribution in [1.82, 2.24) is 4.90 Å². The Balaban J connectivity index is 1.77. The van der Waals surface area contributed by atoms with Crippen molar-refractivity contribution in [3.8, 4) is 5.75 Å². The van der Waals surface area contributed by atoms with Crippen LogP contribution in [0.4, 0.5) is 0 Å². The number of methoxy groups -OCH3 is 1. The highest BCUT2D eigenvalue weighted by Crippen LogP contribution is 2.37. The van der Waals surface area contributed by atoms with E-state index >= 15 is 0 Å². The van der Waals surface area contributed by atoms with E-state index in [-0.39, 0.29) is 5.92 Å². The fourth-order valence-electron chi connectivity index (χ4n) is 4.57. The lowest BCUT2D eigenvalue weighted by Crippen LogP contribution is -2.52. The van der Waals surface area contributed by atoms with Crippen molar-refractivity contribution in [2.75, 3.05) is 26.9 Å². The molecule has 1 aromatic carbocycles. The van der Waals surface area contributed by atoms with Gasteiger partial charge in [-0.1, -0.05) is 12.1 Å². The van der Waals surface area contributed by atoms with Crippen LogP contribution in [0.2, 0.25) is 0 Å². The van der Waals surface area contributed by atoms with Crippen molar-refractivity contribution in [2.24, 2.45) is 5.92 Å². The molecule has 0 radical (unpaired) electrons. The van der Waals surface area contributed by atoms with Crippen LogP contribution in [-0.4, -0.2) is 48.5 Å². The lowest BCUT2D eigenvalue weighted by Gasteiger charge is -2.43. The average Bonchev–Trinajstić information content (AvgIpc) is 2.94. The molecule has 0 amide bonds. The zero-order chi connectivity index (χ0) is 17.3. The van der Waals surface area contributed by atoms with Crippen molar-refractivity contribution >= 4 is 0 Å². The number of aliphatic hydroxyl groups is 1. The fraction of sp³-hybridized carbons (Fsp3) is 0.700. The number of likely N-dealkylation sites (tertiary alicyclic amines) is 1. The molecule has 2 fully saturated rings. The predicted molar refractivity (Wildman–Crippen MR) is 95.4 cm³/mol. The van der Waals surface area contributed by atoms with E-state index < -0.39 is 5.60 Å². The van der Waals surface area contributed by atoms with Crippen LogP contribution in [0.25, 0.3) is 0 Å². The first-order valence-corrected chi connectivity index (χ1v) is 9.10. The molecule has 0 aliphatic carbocycles. The van der Waals surface area contributed by atoms with E-state index in [1.165, 1.54) is 23.1 Å². The van der Waals surface area contributed by atoms with Gasteiger partial charge in [0.25, 0.3) is 0 Å². The lowest BCUT2D eigenvalue weighted by molar-refractivity contribution is -0.123. The molecule has 4 nitrogen and oxygen atoms in total. The van der Waals surface area contributed by atoms with Crippen LogP contribution >= 0.6 is 0 Å². The van der Waals surface area contributed by atoms with Crippen molar-refractivity contribution in [1.29, 1.82) is 0 Å². The molecule has 2 aliphatic rings. The summed E-state index contributed by atoms with van der Waals surface area (Å²) in [6.07, 6.45) is 3.09. The minimum atomic E-state index is -0.614. The van der Waals surface area contributed by atoms with Gasteiger partial charge in [-0.2, -0.15) is 0 Å². The maximum atomic E-state index is 10.8. The van der Waals surface area contributed by atoms with Gasteiger partial charge in [0.15, 0.2) is 0 Å². The van der Waals surface area contributed by atoms with Crippen molar-refractivity contribution in [3.63, 3.8) is 0 Å². The Morgan fingerprint density at radius 1 is 1.33 bits per heavy atom. The molecule has 2 saturated heterocycles. The van der Waals surface area contributed by atoms with Gasteiger partial charge in [-0.3, -0.25) is 4.90 Å². The molecule has 134 valence electrons. The van der Waals surface area contributed by atoms with Gasteiger partial charge in [-0.15, -0.1) is 0 Å². The topological polar surface area (TPSA) is 41.9 Å². The lowest BCUT2D eigenvalue weighted by atomic mass is 9.79. The first kappa shape index (κ1) is 17.7. The van der Waals surface area contributed by atoms with Gasteiger partial charge in [0.1, 0.15) is 5.75 Å². The SMILES string of the molecule is COc1c(C)cc(CN2CCC[C@@H]2[C@H]2COCC[C@]2(C)O)cc1C. The summed E-state index contributed by atoms with van der Waals surface area (Å²) in [6, 6.07) is 4.87. The number of aryl methyl sites for hydroxylation is 2. The highest BCUT2D eigenvalue weighted by Gasteiger charge is 2.43. The normalized spacial score (nSPS) is 31.4. The van der Waals surface area contributed by atoms with Gasteiger partial charge in [-0.05, 0) is 63.3 Å². The van der Waals surface area contributed by atoms with Crippen molar-refractivity contribution < 1.29 is 14.6 Å². The Kier molecular flexibility index (Phi) is 5.19. The van der Waals surface area contributed by atoms with Gasteiger partial charge >= 0.3 is 0 Å². The number of nitrogens with zero attached hydrogens (tertiary/aromatic N) is 1. The van der Waals surface area contributed by atoms with Gasteiger partial charge in [-0.25, -0.2) is 0 Å². The van der Waals surface area contributed by atoms with Crippen molar-refractivity contribution in [3.05, 3.63) is 28.8 Å². The summed E-state index contributed by atoms with van der Waals surface area (Å²) in [7, 11) is 1.73. The van der Waals surface area contributed by atoms with Gasteiger partial charge in [0.05, 0.1) is 19.3 Å². The first-order chi connectivity index (χ1) is 11.4. The van der Waals surface area contributed by atoms with Gasteiger partial charge < -0.3 is 14.6 Å². The summed E-state index contributed by atoms with van der Waals surface area (Å²) in [5.41, 5.74) is 3.10. The van der Waals surface area contributed by atoms with E-state index in [9.17, 15) is 5.11 Å². The quantitative estimate of drug-likeness (QED) is 0.919. The predicted octanol–water partition coefficient (Wildman–Crippen LogP) is 3.06. The van der Waals surface area contributed by atoms with Gasteiger partial charge in [0.2, 0.25) is 0 Å². The molecule has 1 aromatic rings. The summed E-state index contributed by atoms with van der Waals surface area (Å²) >= 11 is 0. The van der Waals surface area contributed by atoms with Crippen LogP contribution in [0, 0.1) is 19.8 Å². The summed E-state index contributed by atoms with van der Waals surface area (Å²) in [5, 5.41) is 10.8. The standard InChI is InChI=1S/C20H31NO3/c1-14-10-16(11-15(2)19(14)23-4)12-21-8-5-6-18(21)17-13-24-9-7-20(17,3)22/h10-11,17-18,22H,5-9,12-13H2,1-4H3/t17-,18-,20+/m1/s1. The van der Waals surface area contributed by atoms with E-state index in [1.807, 2.05) is 6.92 Å². The van der Waals surface area contributed by atoms with E-state index in [1.54, 1.807) is 7.11 Å². The molecule has 2 heterocycles. The third-order valence-corrected chi connectivity index (χ3v) is 5.84. The van der Waals surface area contributed by atoms with E-state index in [0.717, 1.165) is 31.7 Å². The minimum absolute atomic E-state index is 0.203. The Labute approximate surface area is 145 Å². The summed E-state index contributed by atoms with van der Waals surface area (Å²) in [6.45, 7) is 9.58. The highest BCUT2D eigenvalue weighted by atomic mass is 16.5. The molecule has 0 bridgehead atoms. The number of hydrogen-bond acceptors (Lipinski definition) is 4. The van der Waals surface area contributed by atoms with Crippen LogP contribution in [0.1, 0.15) is 42.9 Å². The molecule has 3 rings (SSSR count). The fourth-order valence-corrected chi connectivity index (χ4v) is 4.57. The van der Waals surface area contributed by atoms with Crippen LogP contribution < -0.4 is 4.74 Å². The zero-order valence-corrected chi connectivity index (χ0v) is 15.5. The van der Waals surface area contributed by atoms with E-state index in [0.29, 0.717) is 19.3 Å². The molecule has 3 atom stereocenters. The minimum Gasteiger partial charge on any atom is -0.496 e. The van der Waals surface area contributed by atoms with Crippen LogP contribution in [0.3, 0.4) is 0 Å². The maximum absolute atomic E-state index is 10.8. The number of benzene rings is 1. The molecule has 0 saturated carbocycles. The molecule has 24 heavy (non-hydrogen) atoms. The summed E-state index contributed by atoms with van der Waals surface area (Å²) in [5.74, 6) is 1.19. The second-order valence-corrected chi connectivity index (χ2v) is 7.73. The molecule has 0 unspecified atom stereocenters. The molecule has 2 aliphatic heterocycles. The highest BCUT2D eigenvalue weighted by molar-refractivity contribution is 5.43. The second-order valence-electron chi connectivity index (χ2n) is 7.73. The van der Waals surface area contributed by atoms with Crippen LogP contribution in [0.15, 0.2) is 12.1 Å². The zero-order valence-electron chi connectivity index (χ0n) is 15.5. The molecule has 4 heteroatoms. The Morgan fingerprint density at radius 3 is 2.67 bits per heavy atom. The van der Waals surface area contributed by atoms with Gasteiger partial charge in [0, 0.05) is 25.1 Å². The Morgan fingerprint density at radius 2 is 2.04 bits per heavy atom. The van der Waals surface area contributed by atoms with E-state index in [2.05, 4.69) is 30.9 Å². The molecule has 0 spiro atoms. The Bertz CT molecular complexity index is 561. The molecule has 1 N–H and O–H groups in total. The maximum Gasteiger partial charge on any atom is 0.124 e. The van der Waals surface area contributed by atoms with Crippen LogP contribution in [-0.2, 0) is 11.3 Å². The summed E-state index contributed by atoms with van der Waals surface area (Å²) in [4.78, 5) is 2.54. The number of ether oxygens (including phenoxy) is 2. The van der Waals surface area contributed by atoms with E-state index in [4.69, 9.17) is 9.47 Å². The molecular weight excluding hydrogens is 302 g/mol. The first-order valence-electron chi connectivity index (χ1n) is 9.10. The number of rotatable bonds is 4. The number of hydrogen-bond donors (Lipinski definition) is 1. The third kappa shape index (κ3) is 3.46. The summed E-state index contributed by atoms with van der Waals surface area (Å²) < 4.78 is 11.2. The average molecular weight is 333 g/mol. The molecular formula is C20H31NO3. The smallest absolute Gasteiger partial charge is 0.124 e. The Hall–Kier alpha value is -1.10. The largest absolute Gasteiger partial charge is 0.496 e. The van der Waals surface area contributed by atoms with Crippen molar-refractivity contribution in [2.45, 2.75) is 58.2 Å². The second kappa shape index (κ2) is 7.03. The third-order valence-electron chi connectivity index (χ3n) is 5.84. The monoisotopic (exact) mass is 333 g/mol. The molecule has 0 aromatic heterocycles. The van der Waals surface area contributed by atoms with Crippen LogP contribution in [0.5, 0.6) is 5.75 Å².